The van der Waals surface area contributed by atoms with Gasteiger partial charge >= 0.3 is 0 Å². The first kappa shape index (κ1) is 16.5. The van der Waals surface area contributed by atoms with Crippen LogP contribution in [-0.4, -0.2) is 42.0 Å². The predicted molar refractivity (Wildman–Crippen MR) is 84.3 cm³/mol. The van der Waals surface area contributed by atoms with Gasteiger partial charge in [-0.3, -0.25) is 4.79 Å². The molecular formula is C16H27N3O. The molecule has 0 aliphatic rings. The molecule has 1 amide bonds. The van der Waals surface area contributed by atoms with Crippen LogP contribution in [-0.2, 0) is 0 Å². The van der Waals surface area contributed by atoms with E-state index in [0.717, 1.165) is 50.4 Å². The number of pyridine rings is 1. The summed E-state index contributed by atoms with van der Waals surface area (Å²) in [6.45, 7) is 11.8. The van der Waals surface area contributed by atoms with E-state index in [-0.39, 0.29) is 5.91 Å². The van der Waals surface area contributed by atoms with Gasteiger partial charge in [-0.25, -0.2) is 4.98 Å². The molecular weight excluding hydrogens is 250 g/mol. The van der Waals surface area contributed by atoms with Gasteiger partial charge in [0.25, 0.3) is 5.91 Å². The molecule has 0 saturated carbocycles. The summed E-state index contributed by atoms with van der Waals surface area (Å²) in [5, 5.41) is 0. The lowest BCUT2D eigenvalue weighted by atomic mass is 10.2. The number of nitrogens with zero attached hydrogens (tertiary/aromatic N) is 3. The first-order valence-electron chi connectivity index (χ1n) is 7.68. The van der Waals surface area contributed by atoms with Gasteiger partial charge in [0.05, 0.1) is 0 Å². The second-order valence-corrected chi connectivity index (χ2v) is 4.87. The smallest absolute Gasteiger partial charge is 0.254 e. The second-order valence-electron chi connectivity index (χ2n) is 4.87. The van der Waals surface area contributed by atoms with Crippen molar-refractivity contribution in [1.29, 1.82) is 0 Å². The van der Waals surface area contributed by atoms with E-state index in [1.165, 1.54) is 0 Å². The van der Waals surface area contributed by atoms with Crippen molar-refractivity contribution in [3.63, 3.8) is 0 Å². The largest absolute Gasteiger partial charge is 0.357 e. The number of aromatic nitrogens is 1. The van der Waals surface area contributed by atoms with Crippen LogP contribution in [0.4, 0.5) is 5.82 Å². The maximum atomic E-state index is 12.4. The number of anilines is 1. The van der Waals surface area contributed by atoms with Gasteiger partial charge < -0.3 is 9.80 Å². The zero-order valence-corrected chi connectivity index (χ0v) is 13.2. The predicted octanol–water partition coefficient (Wildman–Crippen LogP) is 3.19. The van der Waals surface area contributed by atoms with Crippen molar-refractivity contribution in [2.24, 2.45) is 0 Å². The Labute approximate surface area is 122 Å². The van der Waals surface area contributed by atoms with E-state index in [9.17, 15) is 4.79 Å². The molecule has 0 spiro atoms. The van der Waals surface area contributed by atoms with E-state index in [2.05, 4.69) is 23.7 Å². The summed E-state index contributed by atoms with van der Waals surface area (Å²) in [5.41, 5.74) is 0.732. The van der Waals surface area contributed by atoms with Crippen LogP contribution in [0.15, 0.2) is 18.3 Å². The SMILES string of the molecule is CCCN(CCC)c1cc(C(=O)N(CC)CC)ccn1. The molecule has 1 aromatic rings. The van der Waals surface area contributed by atoms with Gasteiger partial charge in [0.1, 0.15) is 5.82 Å². The molecule has 0 radical (unpaired) electrons. The number of amides is 1. The minimum atomic E-state index is 0.0894. The molecule has 1 aromatic heterocycles. The maximum absolute atomic E-state index is 12.4. The first-order chi connectivity index (χ1) is 9.67. The summed E-state index contributed by atoms with van der Waals surface area (Å²) in [4.78, 5) is 20.9. The van der Waals surface area contributed by atoms with Crippen molar-refractivity contribution >= 4 is 11.7 Å². The maximum Gasteiger partial charge on any atom is 0.254 e. The van der Waals surface area contributed by atoms with E-state index >= 15 is 0 Å². The lowest BCUT2D eigenvalue weighted by Crippen LogP contribution is -2.31. The van der Waals surface area contributed by atoms with Gasteiger partial charge in [-0.15, -0.1) is 0 Å². The third-order valence-electron chi connectivity index (χ3n) is 3.35. The summed E-state index contributed by atoms with van der Waals surface area (Å²) in [5.74, 6) is 0.998. The molecule has 1 heterocycles. The van der Waals surface area contributed by atoms with Crippen LogP contribution in [0.1, 0.15) is 50.9 Å². The van der Waals surface area contributed by atoms with E-state index in [1.807, 2.05) is 24.8 Å². The molecule has 1 rings (SSSR count). The molecule has 0 bridgehead atoms. The molecule has 20 heavy (non-hydrogen) atoms. The quantitative estimate of drug-likeness (QED) is 0.732. The van der Waals surface area contributed by atoms with Crippen LogP contribution in [0, 0.1) is 0 Å². The molecule has 0 aromatic carbocycles. The number of carbonyl (C=O) groups excluding carboxylic acids is 1. The normalized spacial score (nSPS) is 10.4. The van der Waals surface area contributed by atoms with Gasteiger partial charge in [0.2, 0.25) is 0 Å². The fourth-order valence-corrected chi connectivity index (χ4v) is 2.30. The fourth-order valence-electron chi connectivity index (χ4n) is 2.30. The molecule has 4 nitrogen and oxygen atoms in total. The van der Waals surface area contributed by atoms with Gasteiger partial charge in [0.15, 0.2) is 0 Å². The summed E-state index contributed by atoms with van der Waals surface area (Å²) in [7, 11) is 0. The highest BCUT2D eigenvalue weighted by molar-refractivity contribution is 5.94. The average molecular weight is 277 g/mol. The van der Waals surface area contributed by atoms with Gasteiger partial charge in [0, 0.05) is 37.9 Å². The summed E-state index contributed by atoms with van der Waals surface area (Å²) in [6.07, 6.45) is 3.90. The summed E-state index contributed by atoms with van der Waals surface area (Å²) < 4.78 is 0. The summed E-state index contributed by atoms with van der Waals surface area (Å²) in [6, 6.07) is 3.73. The molecule has 0 atom stereocenters. The summed E-state index contributed by atoms with van der Waals surface area (Å²) >= 11 is 0. The van der Waals surface area contributed by atoms with Crippen molar-refractivity contribution in [1.82, 2.24) is 9.88 Å². The van der Waals surface area contributed by atoms with Crippen molar-refractivity contribution in [3.8, 4) is 0 Å². The van der Waals surface area contributed by atoms with Gasteiger partial charge in [-0.2, -0.15) is 0 Å². The van der Waals surface area contributed by atoms with Crippen LogP contribution < -0.4 is 4.90 Å². The van der Waals surface area contributed by atoms with Gasteiger partial charge in [-0.05, 0) is 38.8 Å². The zero-order chi connectivity index (χ0) is 15.0. The van der Waals surface area contributed by atoms with Crippen molar-refractivity contribution in [2.75, 3.05) is 31.1 Å². The first-order valence-corrected chi connectivity index (χ1v) is 7.68. The van der Waals surface area contributed by atoms with Crippen molar-refractivity contribution in [3.05, 3.63) is 23.9 Å². The lowest BCUT2D eigenvalue weighted by Gasteiger charge is -2.24. The third kappa shape index (κ3) is 4.22. The Balaban J connectivity index is 2.96. The molecule has 0 N–H and O–H groups in total. The van der Waals surface area contributed by atoms with Gasteiger partial charge in [-0.1, -0.05) is 13.8 Å². The highest BCUT2D eigenvalue weighted by Gasteiger charge is 2.14. The Bertz CT molecular complexity index is 410. The lowest BCUT2D eigenvalue weighted by molar-refractivity contribution is 0.0773. The van der Waals surface area contributed by atoms with E-state index < -0.39 is 0 Å². The minimum absolute atomic E-state index is 0.0894. The number of hydrogen-bond acceptors (Lipinski definition) is 3. The second kappa shape index (κ2) is 8.56. The number of rotatable bonds is 8. The zero-order valence-electron chi connectivity index (χ0n) is 13.2. The molecule has 0 fully saturated rings. The number of carbonyl (C=O) groups is 1. The van der Waals surface area contributed by atoms with Crippen LogP contribution in [0.5, 0.6) is 0 Å². The fraction of sp³-hybridized carbons (Fsp3) is 0.625. The standard InChI is InChI=1S/C16H27N3O/c1-5-11-19(12-6-2)15-13-14(9-10-17-15)16(20)18(7-3)8-4/h9-10,13H,5-8,11-12H2,1-4H3. The highest BCUT2D eigenvalue weighted by Crippen LogP contribution is 2.15. The number of hydrogen-bond donors (Lipinski definition) is 0. The minimum Gasteiger partial charge on any atom is -0.357 e. The third-order valence-corrected chi connectivity index (χ3v) is 3.35. The Morgan fingerprint density at radius 1 is 1.10 bits per heavy atom. The Hall–Kier alpha value is -1.58. The van der Waals surface area contributed by atoms with Crippen molar-refractivity contribution in [2.45, 2.75) is 40.5 Å². The molecule has 0 aliphatic carbocycles. The van der Waals surface area contributed by atoms with Crippen molar-refractivity contribution < 1.29 is 4.79 Å². The average Bonchev–Trinajstić information content (AvgIpc) is 2.48. The van der Waals surface area contributed by atoms with Crippen LogP contribution in [0.3, 0.4) is 0 Å². The highest BCUT2D eigenvalue weighted by atomic mass is 16.2. The Morgan fingerprint density at radius 2 is 1.70 bits per heavy atom. The van der Waals surface area contributed by atoms with Crippen LogP contribution in [0.25, 0.3) is 0 Å². The Morgan fingerprint density at radius 3 is 2.20 bits per heavy atom. The molecule has 0 saturated heterocycles. The molecule has 0 aliphatic heterocycles. The van der Waals surface area contributed by atoms with E-state index in [4.69, 9.17) is 0 Å². The molecule has 112 valence electrons. The monoisotopic (exact) mass is 277 g/mol. The molecule has 0 unspecified atom stereocenters. The topological polar surface area (TPSA) is 36.4 Å². The Kier molecular flexibility index (Phi) is 7.05. The van der Waals surface area contributed by atoms with E-state index in [0.29, 0.717) is 0 Å². The van der Waals surface area contributed by atoms with E-state index in [1.54, 1.807) is 12.3 Å². The van der Waals surface area contributed by atoms with Crippen LogP contribution >= 0.6 is 0 Å². The molecule has 4 heteroatoms. The van der Waals surface area contributed by atoms with Crippen LogP contribution in [0.2, 0.25) is 0 Å².